The maximum atomic E-state index is 11.7. The molecule has 2 aromatic carbocycles. The first-order valence-electron chi connectivity index (χ1n) is 8.96. The van der Waals surface area contributed by atoms with Crippen LogP contribution >= 0.6 is 8.73 Å². The molecule has 148 valence electrons. The summed E-state index contributed by atoms with van der Waals surface area (Å²) in [5.41, 5.74) is 3.39. The van der Waals surface area contributed by atoms with Gasteiger partial charge < -0.3 is 14.5 Å². The van der Waals surface area contributed by atoms with E-state index in [2.05, 4.69) is 22.2 Å². The number of benzene rings is 2. The van der Waals surface area contributed by atoms with E-state index in [1.165, 1.54) is 30.4 Å². The monoisotopic (exact) mass is 401 g/mol. The number of aliphatic hydroxyl groups is 1. The highest BCUT2D eigenvalue weighted by Crippen LogP contribution is 2.40. The first-order valence-corrected chi connectivity index (χ1v) is 10.4. The van der Waals surface area contributed by atoms with E-state index < -0.39 is 6.23 Å². The van der Waals surface area contributed by atoms with Gasteiger partial charge in [-0.3, -0.25) is 9.69 Å². The van der Waals surface area contributed by atoms with E-state index in [1.807, 2.05) is 25.8 Å². The van der Waals surface area contributed by atoms with Crippen LogP contribution in [0.15, 0.2) is 41.6 Å². The van der Waals surface area contributed by atoms with Crippen molar-refractivity contribution in [3.63, 3.8) is 0 Å². The van der Waals surface area contributed by atoms with E-state index in [4.69, 9.17) is 4.74 Å². The fourth-order valence-electron chi connectivity index (χ4n) is 3.69. The van der Waals surface area contributed by atoms with Crippen molar-refractivity contribution >= 4 is 26.4 Å². The predicted molar refractivity (Wildman–Crippen MR) is 112 cm³/mol. The molecule has 8 heteroatoms. The van der Waals surface area contributed by atoms with Crippen LogP contribution in [0.25, 0.3) is 0 Å². The van der Waals surface area contributed by atoms with E-state index in [9.17, 15) is 14.8 Å². The first kappa shape index (κ1) is 20.4. The highest BCUT2D eigenvalue weighted by molar-refractivity contribution is 7.39. The topological polar surface area (TPSA) is 82.4 Å². The summed E-state index contributed by atoms with van der Waals surface area (Å²) in [7, 11) is 3.58. The second-order valence-electron chi connectivity index (χ2n) is 6.75. The van der Waals surface area contributed by atoms with Gasteiger partial charge in [0.05, 0.1) is 18.8 Å². The molecule has 0 fully saturated rings. The van der Waals surface area contributed by atoms with E-state index in [1.54, 1.807) is 4.67 Å². The van der Waals surface area contributed by atoms with E-state index in [0.29, 0.717) is 24.0 Å². The molecule has 2 unspecified atom stereocenters. The molecule has 0 bridgehead atoms. The van der Waals surface area contributed by atoms with Gasteiger partial charge in [-0.25, -0.2) is 0 Å². The van der Waals surface area contributed by atoms with E-state index in [-0.39, 0.29) is 26.2 Å². The van der Waals surface area contributed by atoms with Crippen LogP contribution in [0.5, 0.6) is 5.75 Å². The summed E-state index contributed by atoms with van der Waals surface area (Å²) in [6, 6.07) is 11.0. The minimum atomic E-state index is -0.853. The Balaban J connectivity index is 1.97. The third kappa shape index (κ3) is 3.78. The van der Waals surface area contributed by atoms with Crippen molar-refractivity contribution in [1.82, 2.24) is 4.90 Å². The Hall–Kier alpha value is -2.34. The fourth-order valence-corrected chi connectivity index (χ4v) is 4.56. The molecule has 0 aromatic heterocycles. The van der Waals surface area contributed by atoms with Crippen LogP contribution in [-0.4, -0.2) is 49.4 Å². The number of hydrogen-bond donors (Lipinski definition) is 1. The zero-order chi connectivity index (χ0) is 20.3. The van der Waals surface area contributed by atoms with Crippen molar-refractivity contribution in [2.24, 2.45) is 5.18 Å². The Morgan fingerprint density at radius 1 is 1.36 bits per heavy atom. The largest absolute Gasteiger partial charge is 0.494 e. The van der Waals surface area contributed by atoms with Crippen molar-refractivity contribution in [1.29, 1.82) is 0 Å². The molecule has 0 saturated carbocycles. The Morgan fingerprint density at radius 3 is 2.68 bits per heavy atom. The van der Waals surface area contributed by atoms with Gasteiger partial charge in [-0.2, -0.15) is 0 Å². The summed E-state index contributed by atoms with van der Waals surface area (Å²) in [6.07, 6.45) is 0.542. The van der Waals surface area contributed by atoms with Gasteiger partial charge >= 0.3 is 0 Å². The van der Waals surface area contributed by atoms with Crippen LogP contribution in [0, 0.1) is 4.91 Å². The van der Waals surface area contributed by atoms with Gasteiger partial charge in [0.15, 0.2) is 12.0 Å². The highest BCUT2D eigenvalue weighted by atomic mass is 31.1. The Morgan fingerprint density at radius 2 is 2.07 bits per heavy atom. The molecule has 2 aromatic rings. The zero-order valence-corrected chi connectivity index (χ0v) is 17.1. The smallest absolute Gasteiger partial charge is 0.152 e. The lowest BCUT2D eigenvalue weighted by atomic mass is 9.93. The number of nitroso groups, excluding NO2 is 1. The average molecular weight is 401 g/mol. The average Bonchev–Trinajstić information content (AvgIpc) is 2.73. The minimum absolute atomic E-state index is 0.0981. The molecule has 7 nitrogen and oxygen atoms in total. The lowest BCUT2D eigenvalue weighted by Crippen LogP contribution is -2.51. The molecule has 0 aliphatic carbocycles. The van der Waals surface area contributed by atoms with Crippen molar-refractivity contribution < 1.29 is 14.6 Å². The van der Waals surface area contributed by atoms with Gasteiger partial charge in [0, 0.05) is 12.1 Å². The van der Waals surface area contributed by atoms with Crippen LogP contribution in [0.1, 0.15) is 21.5 Å². The number of carbonyl (C=O) groups excluding carboxylic acids is 1. The number of methoxy groups -OCH3 is 1. The molecule has 1 heterocycles. The van der Waals surface area contributed by atoms with Gasteiger partial charge in [0.2, 0.25) is 0 Å². The summed E-state index contributed by atoms with van der Waals surface area (Å²) in [5, 5.41) is 14.2. The minimum Gasteiger partial charge on any atom is -0.494 e. The van der Waals surface area contributed by atoms with Gasteiger partial charge in [-0.15, -0.1) is 4.91 Å². The predicted octanol–water partition coefficient (Wildman–Crippen LogP) is 3.31. The van der Waals surface area contributed by atoms with Crippen LogP contribution in [0.3, 0.4) is 0 Å². The van der Waals surface area contributed by atoms with E-state index in [0.717, 1.165) is 6.54 Å². The molecular formula is C20H24N3O4P. The summed E-state index contributed by atoms with van der Waals surface area (Å²) in [6.45, 7) is 2.66. The second-order valence-corrected chi connectivity index (χ2v) is 7.68. The maximum absolute atomic E-state index is 11.7. The number of likely N-dealkylation sites (N-methyl/N-ethyl adjacent to an activating group) is 1. The number of anilines is 1. The second kappa shape index (κ2) is 8.78. The normalized spacial score (nSPS) is 17.9. The Kier molecular flexibility index (Phi) is 6.39. The molecule has 3 rings (SSSR count). The number of carbonyl (C=O) groups is 1. The number of nitrogens with zero attached hydrogens (tertiary/aromatic N) is 3. The summed E-state index contributed by atoms with van der Waals surface area (Å²) in [4.78, 5) is 25.0. The van der Waals surface area contributed by atoms with Crippen LogP contribution in [-0.2, 0) is 13.0 Å². The molecule has 3 atom stereocenters. The molecule has 1 N–H and O–H groups in total. The third-order valence-corrected chi connectivity index (χ3v) is 6.18. The third-order valence-electron chi connectivity index (χ3n) is 5.20. The van der Waals surface area contributed by atoms with Gasteiger partial charge in [0.25, 0.3) is 0 Å². The first-order chi connectivity index (χ1) is 13.5. The summed E-state index contributed by atoms with van der Waals surface area (Å²) < 4.78 is 6.90. The highest BCUT2D eigenvalue weighted by Gasteiger charge is 2.33. The van der Waals surface area contributed by atoms with Crippen molar-refractivity contribution in [2.75, 3.05) is 25.5 Å². The van der Waals surface area contributed by atoms with Crippen molar-refractivity contribution in [3.8, 4) is 5.75 Å². The Bertz CT molecular complexity index is 877. The number of fused-ring (bicyclic) bond motifs is 1. The maximum Gasteiger partial charge on any atom is 0.152 e. The number of aliphatic hydroxyl groups excluding tert-OH is 1. The molecule has 28 heavy (non-hydrogen) atoms. The van der Waals surface area contributed by atoms with Crippen molar-refractivity contribution in [2.45, 2.75) is 25.2 Å². The summed E-state index contributed by atoms with van der Waals surface area (Å²) in [5.74, 6) is 0.235. The fraction of sp³-hybridized carbons (Fsp3) is 0.350. The number of ether oxygens (including phenoxy) is 1. The SMILES string of the molecule is COc1cc(C=O)c(N(PC)C(O)[C@@H]2Cc3ccccc3CN2C)cc1N=O. The number of hydrogen-bond acceptors (Lipinski definition) is 7. The summed E-state index contributed by atoms with van der Waals surface area (Å²) >= 11 is 0. The van der Waals surface area contributed by atoms with Gasteiger partial charge in [0.1, 0.15) is 12.0 Å². The molecule has 0 amide bonds. The number of aldehydes is 1. The van der Waals surface area contributed by atoms with Crippen LogP contribution < -0.4 is 9.41 Å². The lowest BCUT2D eigenvalue weighted by molar-refractivity contribution is 0.0615. The standard InChI is InChI=1S/C20H24N3O4P/c1-22-11-14-7-5-4-6-13(14)8-18(22)20(25)23(28-3)17-10-16(21-26)19(27-2)9-15(17)12-24/h4-7,9-10,12,18,20,25,28H,8,11H2,1-3H3/t18-,20?/m0/s1. The van der Waals surface area contributed by atoms with E-state index >= 15 is 0 Å². The lowest BCUT2D eigenvalue weighted by Gasteiger charge is -2.42. The quantitative estimate of drug-likeness (QED) is 0.332. The van der Waals surface area contributed by atoms with Gasteiger partial charge in [-0.1, -0.05) is 24.3 Å². The molecule has 1 aliphatic heterocycles. The Labute approximate surface area is 166 Å². The number of rotatable bonds is 7. The van der Waals surface area contributed by atoms with Gasteiger partial charge in [-0.05, 0) is 57.3 Å². The zero-order valence-electron chi connectivity index (χ0n) is 16.1. The molecule has 0 radical (unpaired) electrons. The van der Waals surface area contributed by atoms with Crippen molar-refractivity contribution in [3.05, 3.63) is 58.0 Å². The molecule has 1 aliphatic rings. The van der Waals surface area contributed by atoms with Crippen LogP contribution in [0.4, 0.5) is 11.4 Å². The molecule has 0 saturated heterocycles. The molecule has 0 spiro atoms. The van der Waals surface area contributed by atoms with Crippen LogP contribution in [0.2, 0.25) is 0 Å². The molecular weight excluding hydrogens is 377 g/mol.